The SMILES string of the molecule is C.CC(C)(C)C(O)C(Oc1ccc(Cl)cc1)n1cncn1. The smallest absolute Gasteiger partial charge is 0.219 e. The molecule has 0 radical (unpaired) electrons. The van der Waals surface area contributed by atoms with Gasteiger partial charge in [0.15, 0.2) is 0 Å². The number of aliphatic hydroxyl groups is 1. The molecule has 2 atom stereocenters. The number of hydrogen-bond donors (Lipinski definition) is 1. The maximum absolute atomic E-state index is 10.5. The molecular weight excluding hydrogens is 290 g/mol. The Kier molecular flexibility index (Phi) is 5.75. The third kappa shape index (κ3) is 4.44. The molecule has 6 heteroatoms. The summed E-state index contributed by atoms with van der Waals surface area (Å²) < 4.78 is 7.36. The summed E-state index contributed by atoms with van der Waals surface area (Å²) >= 11 is 5.85. The number of hydrogen-bond acceptors (Lipinski definition) is 4. The van der Waals surface area contributed by atoms with Crippen molar-refractivity contribution in [1.82, 2.24) is 14.8 Å². The Labute approximate surface area is 130 Å². The van der Waals surface area contributed by atoms with E-state index in [1.807, 2.05) is 20.8 Å². The zero-order chi connectivity index (χ0) is 14.8. The fourth-order valence-electron chi connectivity index (χ4n) is 1.69. The van der Waals surface area contributed by atoms with Crippen LogP contribution in [0.4, 0.5) is 0 Å². The number of aliphatic hydroxyl groups excluding tert-OH is 1. The number of ether oxygens (including phenoxy) is 1. The van der Waals surface area contributed by atoms with E-state index < -0.39 is 12.3 Å². The highest BCUT2D eigenvalue weighted by Gasteiger charge is 2.34. The lowest BCUT2D eigenvalue weighted by atomic mass is 9.88. The molecule has 1 heterocycles. The van der Waals surface area contributed by atoms with E-state index in [1.165, 1.54) is 17.3 Å². The van der Waals surface area contributed by atoms with Gasteiger partial charge in [-0.15, -0.1) is 0 Å². The van der Waals surface area contributed by atoms with E-state index in [2.05, 4.69) is 10.1 Å². The Balaban J connectivity index is 0.00000220. The third-order valence-corrected chi connectivity index (χ3v) is 3.18. The van der Waals surface area contributed by atoms with E-state index in [0.717, 1.165) is 0 Å². The second kappa shape index (κ2) is 6.91. The highest BCUT2D eigenvalue weighted by Crippen LogP contribution is 2.30. The van der Waals surface area contributed by atoms with Gasteiger partial charge in [0.2, 0.25) is 6.23 Å². The summed E-state index contributed by atoms with van der Waals surface area (Å²) in [6.07, 6.45) is 1.53. The topological polar surface area (TPSA) is 60.2 Å². The molecule has 0 amide bonds. The van der Waals surface area contributed by atoms with Crippen molar-refractivity contribution in [1.29, 1.82) is 0 Å². The molecule has 0 saturated carbocycles. The van der Waals surface area contributed by atoms with Gasteiger partial charge in [-0.3, -0.25) is 0 Å². The predicted octanol–water partition coefficient (Wildman–Crippen LogP) is 3.55. The quantitative estimate of drug-likeness (QED) is 0.938. The van der Waals surface area contributed by atoms with Gasteiger partial charge in [0.05, 0.1) is 0 Å². The van der Waals surface area contributed by atoms with Crippen LogP contribution >= 0.6 is 11.6 Å². The van der Waals surface area contributed by atoms with Crippen LogP contribution in [-0.4, -0.2) is 26.0 Å². The van der Waals surface area contributed by atoms with Crippen molar-refractivity contribution in [2.45, 2.75) is 40.5 Å². The highest BCUT2D eigenvalue weighted by atomic mass is 35.5. The van der Waals surface area contributed by atoms with E-state index >= 15 is 0 Å². The first-order valence-corrected chi connectivity index (χ1v) is 6.70. The molecule has 2 aromatic rings. The van der Waals surface area contributed by atoms with Crippen molar-refractivity contribution in [2.24, 2.45) is 5.41 Å². The number of aromatic nitrogens is 3. The number of nitrogens with zero attached hydrogens (tertiary/aromatic N) is 3. The normalized spacial score (nSPS) is 14.1. The lowest BCUT2D eigenvalue weighted by Crippen LogP contribution is -2.38. The van der Waals surface area contributed by atoms with Crippen LogP contribution in [0.25, 0.3) is 0 Å². The van der Waals surface area contributed by atoms with Crippen LogP contribution in [0.15, 0.2) is 36.9 Å². The second-order valence-electron chi connectivity index (χ2n) is 5.65. The van der Waals surface area contributed by atoms with E-state index in [-0.39, 0.29) is 12.8 Å². The summed E-state index contributed by atoms with van der Waals surface area (Å²) in [7, 11) is 0. The van der Waals surface area contributed by atoms with E-state index in [1.54, 1.807) is 24.3 Å². The Morgan fingerprint density at radius 3 is 2.33 bits per heavy atom. The van der Waals surface area contributed by atoms with Gasteiger partial charge in [0, 0.05) is 5.02 Å². The molecule has 21 heavy (non-hydrogen) atoms. The molecule has 0 aliphatic rings. The van der Waals surface area contributed by atoms with E-state index in [0.29, 0.717) is 10.8 Å². The molecule has 0 aliphatic carbocycles. The van der Waals surface area contributed by atoms with Crippen molar-refractivity contribution in [3.8, 4) is 5.75 Å². The minimum absolute atomic E-state index is 0. The van der Waals surface area contributed by atoms with Crippen molar-refractivity contribution in [2.75, 3.05) is 0 Å². The molecule has 5 nitrogen and oxygen atoms in total. The Hall–Kier alpha value is -1.59. The fourth-order valence-corrected chi connectivity index (χ4v) is 1.82. The molecule has 2 unspecified atom stereocenters. The lowest BCUT2D eigenvalue weighted by Gasteiger charge is -2.32. The average Bonchev–Trinajstić information content (AvgIpc) is 2.90. The van der Waals surface area contributed by atoms with Crippen LogP contribution in [0.5, 0.6) is 5.75 Å². The first-order valence-electron chi connectivity index (χ1n) is 6.32. The van der Waals surface area contributed by atoms with Gasteiger partial charge < -0.3 is 9.84 Å². The summed E-state index contributed by atoms with van der Waals surface area (Å²) in [5.41, 5.74) is -0.358. The Morgan fingerprint density at radius 1 is 1.24 bits per heavy atom. The Bertz CT molecular complexity index is 535. The van der Waals surface area contributed by atoms with Crippen LogP contribution in [0.3, 0.4) is 0 Å². The van der Waals surface area contributed by atoms with E-state index in [4.69, 9.17) is 16.3 Å². The standard InChI is InChI=1S/C14H18ClN3O2.CH4/c1-14(2,3)12(19)13(18-9-16-8-17-18)20-11-6-4-10(15)5-7-11;/h4-9,12-13,19H,1-3H3;1H4. The van der Waals surface area contributed by atoms with Gasteiger partial charge in [0.1, 0.15) is 24.5 Å². The van der Waals surface area contributed by atoms with Gasteiger partial charge in [0.25, 0.3) is 0 Å². The van der Waals surface area contributed by atoms with Gasteiger partial charge in [-0.05, 0) is 29.7 Å². The molecule has 0 fully saturated rings. The third-order valence-electron chi connectivity index (χ3n) is 2.93. The predicted molar refractivity (Wildman–Crippen MR) is 83.3 cm³/mol. The molecule has 0 spiro atoms. The van der Waals surface area contributed by atoms with Crippen LogP contribution in [0.1, 0.15) is 34.4 Å². The highest BCUT2D eigenvalue weighted by molar-refractivity contribution is 6.30. The summed E-state index contributed by atoms with van der Waals surface area (Å²) in [6.45, 7) is 5.81. The average molecular weight is 312 g/mol. The molecular formula is C15H22ClN3O2. The van der Waals surface area contributed by atoms with Crippen molar-refractivity contribution in [3.63, 3.8) is 0 Å². The number of benzene rings is 1. The summed E-state index contributed by atoms with van der Waals surface area (Å²) in [4.78, 5) is 3.90. The molecule has 0 aliphatic heterocycles. The van der Waals surface area contributed by atoms with Crippen LogP contribution in [0.2, 0.25) is 5.02 Å². The zero-order valence-corrected chi connectivity index (χ0v) is 12.4. The van der Waals surface area contributed by atoms with E-state index in [9.17, 15) is 5.11 Å². The van der Waals surface area contributed by atoms with Crippen LogP contribution in [0, 0.1) is 5.41 Å². The largest absolute Gasteiger partial charge is 0.466 e. The minimum Gasteiger partial charge on any atom is -0.466 e. The monoisotopic (exact) mass is 311 g/mol. The van der Waals surface area contributed by atoms with Crippen molar-refractivity contribution >= 4 is 11.6 Å². The van der Waals surface area contributed by atoms with Gasteiger partial charge in [-0.25, -0.2) is 9.67 Å². The minimum atomic E-state index is -0.750. The lowest BCUT2D eigenvalue weighted by molar-refractivity contribution is -0.0731. The molecule has 1 N–H and O–H groups in total. The summed E-state index contributed by atoms with van der Waals surface area (Å²) in [6, 6.07) is 6.97. The maximum Gasteiger partial charge on any atom is 0.219 e. The van der Waals surface area contributed by atoms with Crippen molar-refractivity contribution < 1.29 is 9.84 Å². The number of rotatable bonds is 4. The first kappa shape index (κ1) is 17.5. The molecule has 1 aromatic heterocycles. The van der Waals surface area contributed by atoms with Gasteiger partial charge >= 0.3 is 0 Å². The zero-order valence-electron chi connectivity index (χ0n) is 11.7. The second-order valence-corrected chi connectivity index (χ2v) is 6.09. The molecule has 2 rings (SSSR count). The van der Waals surface area contributed by atoms with Gasteiger partial charge in [-0.1, -0.05) is 39.8 Å². The maximum atomic E-state index is 10.5. The summed E-state index contributed by atoms with van der Waals surface area (Å²) in [5, 5.41) is 15.2. The number of halogens is 1. The van der Waals surface area contributed by atoms with Crippen molar-refractivity contribution in [3.05, 3.63) is 41.9 Å². The molecule has 0 bridgehead atoms. The van der Waals surface area contributed by atoms with Gasteiger partial charge in [-0.2, -0.15) is 5.10 Å². The Morgan fingerprint density at radius 2 is 1.86 bits per heavy atom. The van der Waals surface area contributed by atoms with Crippen LogP contribution < -0.4 is 4.74 Å². The molecule has 1 aromatic carbocycles. The molecule has 116 valence electrons. The first-order chi connectivity index (χ1) is 9.38. The summed E-state index contributed by atoms with van der Waals surface area (Å²) in [5.74, 6) is 0.609. The van der Waals surface area contributed by atoms with Crippen LogP contribution in [-0.2, 0) is 0 Å². The molecule has 0 saturated heterocycles. The fraction of sp³-hybridized carbons (Fsp3) is 0.467.